The fraction of sp³-hybridized carbons (Fsp3) is 0.134. The molecule has 1 atom stereocenters. The van der Waals surface area contributed by atoms with E-state index >= 15 is 0 Å². The fourth-order valence-corrected chi connectivity index (χ4v) is 12.3. The van der Waals surface area contributed by atoms with E-state index in [2.05, 4.69) is 246 Å². The van der Waals surface area contributed by atoms with Crippen molar-refractivity contribution in [2.45, 2.75) is 57.4 Å². The number of aromatic nitrogens is 2. The number of fused-ring (bicyclic) bond motifs is 9. The average molecular weight is 917 g/mol. The van der Waals surface area contributed by atoms with Crippen molar-refractivity contribution < 1.29 is 0 Å². The minimum absolute atomic E-state index is 0.196. The smallest absolute Gasteiger partial charge is 0.0556 e. The molecule has 2 heterocycles. The van der Waals surface area contributed by atoms with Gasteiger partial charge in [-0.15, -0.1) is 0 Å². The van der Waals surface area contributed by atoms with Crippen LogP contribution in [0.5, 0.6) is 0 Å². The Morgan fingerprint density at radius 2 is 1.11 bits per heavy atom. The molecule has 7 aromatic carbocycles. The van der Waals surface area contributed by atoms with Crippen LogP contribution in [0, 0.1) is 0 Å². The number of nitrogens with zero attached hydrogens (tertiary/aromatic N) is 4. The number of hydrogen-bond donors (Lipinski definition) is 0. The Hall–Kier alpha value is -8.34. The first-order valence-corrected chi connectivity index (χ1v) is 25.3. The van der Waals surface area contributed by atoms with Crippen LogP contribution in [0.2, 0.25) is 0 Å². The van der Waals surface area contributed by atoms with E-state index < -0.39 is 0 Å². The van der Waals surface area contributed by atoms with Crippen LogP contribution in [0.1, 0.15) is 72.3 Å². The van der Waals surface area contributed by atoms with E-state index in [0.29, 0.717) is 0 Å². The predicted molar refractivity (Wildman–Crippen MR) is 301 cm³/mol. The molecule has 1 unspecified atom stereocenters. The van der Waals surface area contributed by atoms with Crippen molar-refractivity contribution in [3.05, 3.63) is 258 Å². The molecular formula is C67H56N4. The number of benzene rings is 7. The highest BCUT2D eigenvalue weighted by atomic mass is 15.2. The van der Waals surface area contributed by atoms with E-state index in [-0.39, 0.29) is 11.5 Å². The lowest BCUT2D eigenvalue weighted by Crippen LogP contribution is -2.34. The maximum atomic E-state index is 4.17. The first kappa shape index (κ1) is 42.7. The molecule has 0 aliphatic heterocycles. The Balaban J connectivity index is 0.913. The quantitative estimate of drug-likeness (QED) is 0.136. The van der Waals surface area contributed by atoms with E-state index in [9.17, 15) is 0 Å². The predicted octanol–water partition coefficient (Wildman–Crippen LogP) is 17.2. The third-order valence-electron chi connectivity index (χ3n) is 15.7. The SMILES string of the molecule is C=CC1=Cc2c(n(-c3ccccc3)c3ccc(N(c4ccccc4)c4ccc5c(c4)C(C)(C)c4cc(N(C6=Cc7c(n(-c8ccccc8)c8ccc(C=C)cc78)CC6)C6C=CC=CC6)ccc4-5)cc23)CC1. The maximum absolute atomic E-state index is 4.17. The second kappa shape index (κ2) is 17.0. The van der Waals surface area contributed by atoms with E-state index in [4.69, 9.17) is 0 Å². The highest BCUT2D eigenvalue weighted by Crippen LogP contribution is 2.53. The van der Waals surface area contributed by atoms with Gasteiger partial charge in [0, 0.05) is 78.5 Å². The summed E-state index contributed by atoms with van der Waals surface area (Å²) in [5, 5.41) is 2.52. The minimum atomic E-state index is -0.257. The maximum Gasteiger partial charge on any atom is 0.0556 e. The summed E-state index contributed by atoms with van der Waals surface area (Å²) in [6.45, 7) is 13.1. The van der Waals surface area contributed by atoms with Crippen LogP contribution < -0.4 is 9.80 Å². The average Bonchev–Trinajstić information content (AvgIpc) is 4.01. The molecule has 9 aromatic rings. The van der Waals surface area contributed by atoms with Crippen molar-refractivity contribution in [3.63, 3.8) is 0 Å². The first-order chi connectivity index (χ1) is 34.9. The Kier molecular flexibility index (Phi) is 10.2. The molecule has 0 fully saturated rings. The van der Waals surface area contributed by atoms with Gasteiger partial charge in [-0.2, -0.15) is 0 Å². The van der Waals surface area contributed by atoms with Gasteiger partial charge in [0.05, 0.1) is 17.1 Å². The van der Waals surface area contributed by atoms with Crippen LogP contribution in [0.3, 0.4) is 0 Å². The summed E-state index contributed by atoms with van der Waals surface area (Å²) in [7, 11) is 0. The van der Waals surface area contributed by atoms with Crippen molar-refractivity contribution in [2.75, 3.05) is 9.80 Å². The topological polar surface area (TPSA) is 16.3 Å². The molecule has 0 radical (unpaired) electrons. The summed E-state index contributed by atoms with van der Waals surface area (Å²) in [4.78, 5) is 5.08. The van der Waals surface area contributed by atoms with Gasteiger partial charge in [-0.3, -0.25) is 0 Å². The van der Waals surface area contributed by atoms with Crippen molar-refractivity contribution in [1.29, 1.82) is 0 Å². The van der Waals surface area contributed by atoms with E-state index in [1.54, 1.807) is 0 Å². The van der Waals surface area contributed by atoms with Crippen LogP contribution in [0.25, 0.3) is 62.5 Å². The Labute approximate surface area is 417 Å². The molecule has 4 nitrogen and oxygen atoms in total. The normalized spacial score (nSPS) is 16.2. The van der Waals surface area contributed by atoms with Gasteiger partial charge in [0.2, 0.25) is 0 Å². The number of allylic oxidation sites excluding steroid dienone is 5. The molecule has 0 saturated carbocycles. The second-order valence-corrected chi connectivity index (χ2v) is 20.0. The number of anilines is 4. The second-order valence-electron chi connectivity index (χ2n) is 20.0. The minimum Gasteiger partial charge on any atom is -0.338 e. The van der Waals surface area contributed by atoms with Crippen molar-refractivity contribution in [3.8, 4) is 22.5 Å². The van der Waals surface area contributed by atoms with E-state index in [0.717, 1.165) is 54.7 Å². The number of hydrogen-bond acceptors (Lipinski definition) is 2. The molecular weight excluding hydrogens is 861 g/mol. The summed E-state index contributed by atoms with van der Waals surface area (Å²) in [5.41, 5.74) is 23.7. The summed E-state index contributed by atoms with van der Waals surface area (Å²) in [6.07, 6.45) is 22.7. The van der Waals surface area contributed by atoms with Gasteiger partial charge in [-0.1, -0.05) is 136 Å². The van der Waals surface area contributed by atoms with Gasteiger partial charge in [0.25, 0.3) is 0 Å². The largest absolute Gasteiger partial charge is 0.338 e. The lowest BCUT2D eigenvalue weighted by atomic mass is 9.82. The molecule has 4 aliphatic rings. The van der Waals surface area contributed by atoms with Crippen molar-refractivity contribution >= 4 is 62.8 Å². The van der Waals surface area contributed by atoms with E-state index in [1.807, 2.05) is 12.2 Å². The third kappa shape index (κ3) is 6.95. The zero-order valence-electron chi connectivity index (χ0n) is 40.5. The lowest BCUT2D eigenvalue weighted by Gasteiger charge is -2.37. The van der Waals surface area contributed by atoms with Gasteiger partial charge in [0.1, 0.15) is 0 Å². The molecule has 4 aliphatic carbocycles. The first-order valence-electron chi connectivity index (χ1n) is 25.3. The lowest BCUT2D eigenvalue weighted by molar-refractivity contribution is 0.658. The van der Waals surface area contributed by atoms with Crippen LogP contribution in [-0.2, 0) is 18.3 Å². The number of para-hydroxylation sites is 3. The molecule has 4 heteroatoms. The van der Waals surface area contributed by atoms with Crippen LogP contribution in [0.4, 0.5) is 22.7 Å². The highest BCUT2D eigenvalue weighted by Gasteiger charge is 2.38. The Bertz CT molecular complexity index is 3740. The summed E-state index contributed by atoms with van der Waals surface area (Å²) < 4.78 is 4.94. The zero-order valence-corrected chi connectivity index (χ0v) is 40.5. The Morgan fingerprint density at radius 1 is 0.535 bits per heavy atom. The molecule has 0 spiro atoms. The molecule has 13 rings (SSSR count). The molecule has 0 N–H and O–H groups in total. The molecule has 344 valence electrons. The van der Waals surface area contributed by atoms with E-state index in [1.165, 1.54) is 94.9 Å². The van der Waals surface area contributed by atoms with Crippen LogP contribution in [0.15, 0.2) is 219 Å². The van der Waals surface area contributed by atoms with Gasteiger partial charge >= 0.3 is 0 Å². The van der Waals surface area contributed by atoms with Gasteiger partial charge in [-0.25, -0.2) is 0 Å². The van der Waals surface area contributed by atoms with Gasteiger partial charge in [0.15, 0.2) is 0 Å². The third-order valence-corrected chi connectivity index (χ3v) is 15.7. The molecule has 0 saturated heterocycles. The molecule has 0 bridgehead atoms. The summed E-state index contributed by atoms with van der Waals surface area (Å²) in [5.74, 6) is 0. The van der Waals surface area contributed by atoms with Gasteiger partial charge in [-0.05, 0) is 169 Å². The van der Waals surface area contributed by atoms with Crippen LogP contribution >= 0.6 is 0 Å². The van der Waals surface area contributed by atoms with Crippen LogP contribution in [-0.4, -0.2) is 15.2 Å². The molecule has 2 aromatic heterocycles. The molecule has 0 amide bonds. The summed E-state index contributed by atoms with van der Waals surface area (Å²) in [6, 6.07) is 61.0. The molecule has 71 heavy (non-hydrogen) atoms. The summed E-state index contributed by atoms with van der Waals surface area (Å²) >= 11 is 0. The number of rotatable bonds is 10. The highest BCUT2D eigenvalue weighted by molar-refractivity contribution is 5.99. The fourth-order valence-electron chi connectivity index (χ4n) is 12.3. The van der Waals surface area contributed by atoms with Crippen molar-refractivity contribution in [2.24, 2.45) is 0 Å². The van der Waals surface area contributed by atoms with Crippen molar-refractivity contribution in [1.82, 2.24) is 9.13 Å². The zero-order chi connectivity index (χ0) is 47.8. The Morgan fingerprint density at radius 3 is 1.76 bits per heavy atom. The monoisotopic (exact) mass is 916 g/mol. The van der Waals surface area contributed by atoms with Gasteiger partial charge < -0.3 is 18.9 Å². The standard InChI is InChI=1S/C67H56N4/c1-5-45-27-35-63-57(39-45)59-41-51(31-37-65(59)70(63)49-23-15-9-16-24-49)68(47-19-11-7-12-20-47)53-29-33-55-56-34-30-54(44-62(56)67(3,4)61(55)43-53)69(48-21-13-8-14-22-48)52-32-38-66-60(42-52)58-40-46(6-2)28-36-64(58)71(66)50-25-17-10-18-26-50/h5-21,23-26,28-31,33-34,36-37,39-44,48H,1-2,22,27,32,35,38H2,3-4H3.